The molecule has 0 aromatic rings. The van der Waals surface area contributed by atoms with E-state index in [1.165, 1.54) is 51.4 Å². The van der Waals surface area contributed by atoms with Crippen molar-refractivity contribution in [2.45, 2.75) is 57.0 Å². The summed E-state index contributed by atoms with van der Waals surface area (Å²) in [7, 11) is 0. The topological polar surface area (TPSA) is 9.23 Å². The Balaban J connectivity index is 1.91. The fourth-order valence-corrected chi connectivity index (χ4v) is 3.38. The highest BCUT2D eigenvalue weighted by molar-refractivity contribution is 6.17. The van der Waals surface area contributed by atoms with Gasteiger partial charge in [0.1, 0.15) is 0 Å². The molecule has 0 amide bonds. The first-order valence-corrected chi connectivity index (χ1v) is 6.58. The molecule has 1 spiro atoms. The van der Waals surface area contributed by atoms with Crippen molar-refractivity contribution in [3.63, 3.8) is 0 Å². The number of alkyl halides is 1. The molecule has 1 aliphatic carbocycles. The number of halogens is 1. The standard InChI is InChI=1S/C12H21ClO/c13-8-4-11-5-9-14-12(10-11)6-2-1-3-7-12/h11H,1-10H2. The van der Waals surface area contributed by atoms with E-state index >= 15 is 0 Å². The van der Waals surface area contributed by atoms with Crippen molar-refractivity contribution in [2.24, 2.45) is 5.92 Å². The van der Waals surface area contributed by atoms with E-state index in [1.54, 1.807) is 0 Å². The van der Waals surface area contributed by atoms with Crippen molar-refractivity contribution in [3.05, 3.63) is 0 Å². The number of hydrogen-bond donors (Lipinski definition) is 0. The van der Waals surface area contributed by atoms with E-state index in [0.717, 1.165) is 18.4 Å². The molecule has 0 aromatic heterocycles. The highest BCUT2D eigenvalue weighted by Crippen LogP contribution is 2.41. The van der Waals surface area contributed by atoms with Crippen LogP contribution in [0.1, 0.15) is 51.4 Å². The molecule has 0 N–H and O–H groups in total. The molecule has 0 radical (unpaired) electrons. The smallest absolute Gasteiger partial charge is 0.0685 e. The first-order valence-electron chi connectivity index (χ1n) is 6.05. The Hall–Kier alpha value is 0.250. The molecule has 1 nitrogen and oxygen atoms in total. The molecular formula is C12H21ClO. The Morgan fingerprint density at radius 3 is 2.71 bits per heavy atom. The van der Waals surface area contributed by atoms with Gasteiger partial charge in [-0.25, -0.2) is 0 Å². The Labute approximate surface area is 92.2 Å². The van der Waals surface area contributed by atoms with Gasteiger partial charge >= 0.3 is 0 Å². The van der Waals surface area contributed by atoms with Crippen LogP contribution < -0.4 is 0 Å². The molecule has 14 heavy (non-hydrogen) atoms. The normalized spacial score (nSPS) is 31.9. The second-order valence-electron chi connectivity index (χ2n) is 4.93. The van der Waals surface area contributed by atoms with Gasteiger partial charge in [-0.3, -0.25) is 0 Å². The quantitative estimate of drug-likeness (QED) is 0.639. The van der Waals surface area contributed by atoms with E-state index in [-0.39, 0.29) is 5.60 Å². The lowest BCUT2D eigenvalue weighted by atomic mass is 9.75. The van der Waals surface area contributed by atoms with E-state index in [1.807, 2.05) is 0 Å². The first kappa shape index (κ1) is 10.8. The highest BCUT2D eigenvalue weighted by atomic mass is 35.5. The van der Waals surface area contributed by atoms with Crippen molar-refractivity contribution >= 4 is 11.6 Å². The van der Waals surface area contributed by atoms with Gasteiger partial charge in [-0.05, 0) is 38.0 Å². The average molecular weight is 217 g/mol. The van der Waals surface area contributed by atoms with Gasteiger partial charge < -0.3 is 4.74 Å². The molecule has 0 aromatic carbocycles. The zero-order chi connectivity index (χ0) is 9.86. The molecule has 2 aliphatic rings. The van der Waals surface area contributed by atoms with E-state index in [0.29, 0.717) is 0 Å². The summed E-state index contributed by atoms with van der Waals surface area (Å²) in [6, 6.07) is 0. The molecule has 1 saturated heterocycles. The van der Waals surface area contributed by atoms with Crippen LogP contribution in [-0.4, -0.2) is 18.1 Å². The van der Waals surface area contributed by atoms with Crippen LogP contribution in [0.3, 0.4) is 0 Å². The van der Waals surface area contributed by atoms with Crippen molar-refractivity contribution in [3.8, 4) is 0 Å². The lowest BCUT2D eigenvalue weighted by Crippen LogP contribution is -2.41. The summed E-state index contributed by atoms with van der Waals surface area (Å²) in [6.07, 6.45) is 10.4. The molecule has 1 saturated carbocycles. The first-order chi connectivity index (χ1) is 6.85. The average Bonchev–Trinajstić information content (AvgIpc) is 2.19. The second-order valence-corrected chi connectivity index (χ2v) is 5.31. The van der Waals surface area contributed by atoms with E-state index in [2.05, 4.69) is 0 Å². The molecular weight excluding hydrogens is 196 g/mol. The van der Waals surface area contributed by atoms with Gasteiger partial charge in [0.05, 0.1) is 5.60 Å². The van der Waals surface area contributed by atoms with Crippen LogP contribution >= 0.6 is 11.6 Å². The third-order valence-corrected chi connectivity index (χ3v) is 4.10. The Morgan fingerprint density at radius 2 is 2.00 bits per heavy atom. The summed E-state index contributed by atoms with van der Waals surface area (Å²) in [5.74, 6) is 1.65. The van der Waals surface area contributed by atoms with Gasteiger partial charge in [-0.15, -0.1) is 11.6 Å². The number of rotatable bonds is 2. The van der Waals surface area contributed by atoms with Crippen LogP contribution in [0.5, 0.6) is 0 Å². The zero-order valence-corrected chi connectivity index (χ0v) is 9.69. The molecule has 2 rings (SSSR count). The van der Waals surface area contributed by atoms with Crippen LogP contribution in [0.4, 0.5) is 0 Å². The van der Waals surface area contributed by atoms with Crippen molar-refractivity contribution < 1.29 is 4.74 Å². The van der Waals surface area contributed by atoms with Gasteiger partial charge in [0.2, 0.25) is 0 Å². The predicted octanol–water partition coefficient (Wildman–Crippen LogP) is 3.74. The lowest BCUT2D eigenvalue weighted by molar-refractivity contribution is -0.117. The third kappa shape index (κ3) is 2.43. The SMILES string of the molecule is ClCCC1CCOC2(CCCCC2)C1. The minimum Gasteiger partial charge on any atom is -0.375 e. The van der Waals surface area contributed by atoms with E-state index in [4.69, 9.17) is 16.3 Å². The molecule has 1 aliphatic heterocycles. The maximum absolute atomic E-state index is 6.04. The molecule has 1 unspecified atom stereocenters. The monoisotopic (exact) mass is 216 g/mol. The Bertz CT molecular complexity index is 168. The maximum atomic E-state index is 6.04. The van der Waals surface area contributed by atoms with Gasteiger partial charge in [0.15, 0.2) is 0 Å². The van der Waals surface area contributed by atoms with Gasteiger partial charge in [0, 0.05) is 12.5 Å². The minimum absolute atomic E-state index is 0.271. The Kier molecular flexibility index (Phi) is 3.73. The summed E-state index contributed by atoms with van der Waals surface area (Å²) in [5.41, 5.74) is 0.271. The molecule has 82 valence electrons. The van der Waals surface area contributed by atoms with Crippen LogP contribution in [0.2, 0.25) is 0 Å². The van der Waals surface area contributed by atoms with Crippen molar-refractivity contribution in [1.29, 1.82) is 0 Å². The Morgan fingerprint density at radius 1 is 1.21 bits per heavy atom. The van der Waals surface area contributed by atoms with Crippen LogP contribution in [-0.2, 0) is 4.74 Å². The largest absolute Gasteiger partial charge is 0.375 e. The highest BCUT2D eigenvalue weighted by Gasteiger charge is 2.37. The summed E-state index contributed by atoms with van der Waals surface area (Å²) < 4.78 is 6.04. The molecule has 2 heteroatoms. The van der Waals surface area contributed by atoms with Crippen LogP contribution in [0.25, 0.3) is 0 Å². The van der Waals surface area contributed by atoms with Gasteiger partial charge in [0.25, 0.3) is 0 Å². The maximum Gasteiger partial charge on any atom is 0.0685 e. The van der Waals surface area contributed by atoms with E-state index in [9.17, 15) is 0 Å². The summed E-state index contributed by atoms with van der Waals surface area (Å²) in [5, 5.41) is 0. The van der Waals surface area contributed by atoms with Crippen molar-refractivity contribution in [1.82, 2.24) is 0 Å². The minimum atomic E-state index is 0.271. The third-order valence-electron chi connectivity index (χ3n) is 3.88. The lowest BCUT2D eigenvalue weighted by Gasteiger charge is -2.43. The number of hydrogen-bond acceptors (Lipinski definition) is 1. The fraction of sp³-hybridized carbons (Fsp3) is 1.00. The van der Waals surface area contributed by atoms with Crippen LogP contribution in [0, 0.1) is 5.92 Å². The summed E-state index contributed by atoms with van der Waals surface area (Å²) >= 11 is 5.82. The van der Waals surface area contributed by atoms with E-state index < -0.39 is 0 Å². The van der Waals surface area contributed by atoms with Crippen LogP contribution in [0.15, 0.2) is 0 Å². The molecule has 2 fully saturated rings. The second kappa shape index (κ2) is 4.85. The molecule has 1 heterocycles. The van der Waals surface area contributed by atoms with Gasteiger partial charge in [-0.1, -0.05) is 19.3 Å². The van der Waals surface area contributed by atoms with Gasteiger partial charge in [-0.2, -0.15) is 0 Å². The molecule has 0 bridgehead atoms. The zero-order valence-electron chi connectivity index (χ0n) is 8.93. The summed E-state index contributed by atoms with van der Waals surface area (Å²) in [4.78, 5) is 0. The fourth-order valence-electron chi connectivity index (χ4n) is 3.07. The summed E-state index contributed by atoms with van der Waals surface area (Å²) in [6.45, 7) is 0.974. The molecule has 1 atom stereocenters. The number of ether oxygens (including phenoxy) is 1. The predicted molar refractivity (Wildman–Crippen MR) is 59.8 cm³/mol. The van der Waals surface area contributed by atoms with Crippen molar-refractivity contribution in [2.75, 3.05) is 12.5 Å².